The number of nitrogens with zero attached hydrogens (tertiary/aromatic N) is 1. The largest absolute Gasteiger partial charge is 0.192 e. The van der Waals surface area contributed by atoms with Gasteiger partial charge in [0.05, 0.1) is 11.6 Å². The van der Waals surface area contributed by atoms with Gasteiger partial charge < -0.3 is 0 Å². The summed E-state index contributed by atoms with van der Waals surface area (Å²) in [5, 5.41) is 9.19. The third-order valence-corrected chi connectivity index (χ3v) is 3.04. The van der Waals surface area contributed by atoms with E-state index in [4.69, 9.17) is 0 Å². The van der Waals surface area contributed by atoms with E-state index >= 15 is 0 Å². The van der Waals surface area contributed by atoms with Crippen molar-refractivity contribution in [1.82, 2.24) is 0 Å². The highest BCUT2D eigenvalue weighted by molar-refractivity contribution is 5.85. The summed E-state index contributed by atoms with van der Waals surface area (Å²) in [6.45, 7) is 6.41. The number of hydrogen-bond donors (Lipinski definition) is 0. The number of fused-ring (bicyclic) bond motifs is 1. The molecular formula is C14H15N. The fraction of sp³-hybridized carbons (Fsp3) is 0.357. The molecule has 76 valence electrons. The first-order valence-corrected chi connectivity index (χ1v) is 5.36. The lowest BCUT2D eigenvalue weighted by Crippen LogP contribution is -1.94. The van der Waals surface area contributed by atoms with Crippen LogP contribution in [-0.2, 0) is 6.42 Å². The molecule has 1 aliphatic carbocycles. The maximum Gasteiger partial charge on any atom is 0.0997 e. The van der Waals surface area contributed by atoms with Crippen molar-refractivity contribution < 1.29 is 0 Å². The van der Waals surface area contributed by atoms with Gasteiger partial charge in [0.2, 0.25) is 0 Å². The summed E-state index contributed by atoms with van der Waals surface area (Å²) in [5.41, 5.74) is 5.93. The fourth-order valence-electron chi connectivity index (χ4n) is 2.20. The maximum absolute atomic E-state index is 9.19. The Morgan fingerprint density at radius 3 is 2.67 bits per heavy atom. The molecule has 0 aromatic heterocycles. The average Bonchev–Trinajstić information content (AvgIpc) is 2.55. The minimum atomic E-state index is 0.465. The molecule has 0 spiro atoms. The van der Waals surface area contributed by atoms with Crippen LogP contribution in [0.25, 0.3) is 5.57 Å². The van der Waals surface area contributed by atoms with E-state index < -0.39 is 0 Å². The van der Waals surface area contributed by atoms with Crippen molar-refractivity contribution in [3.8, 4) is 6.07 Å². The van der Waals surface area contributed by atoms with E-state index in [2.05, 4.69) is 45.0 Å². The molecule has 0 amide bonds. The molecule has 1 aromatic carbocycles. The Balaban J connectivity index is 2.55. The summed E-state index contributed by atoms with van der Waals surface area (Å²) in [7, 11) is 0. The highest BCUT2D eigenvalue weighted by atomic mass is 14.3. The fourth-order valence-corrected chi connectivity index (χ4v) is 2.20. The molecule has 0 saturated heterocycles. The summed E-state index contributed by atoms with van der Waals surface area (Å²) in [4.78, 5) is 0. The van der Waals surface area contributed by atoms with Crippen LogP contribution < -0.4 is 0 Å². The normalized spacial score (nSPS) is 14.3. The number of aryl methyl sites for hydroxylation is 1. The lowest BCUT2D eigenvalue weighted by atomic mass is 9.98. The molecule has 1 aliphatic rings. The van der Waals surface area contributed by atoms with Crippen molar-refractivity contribution >= 4 is 5.57 Å². The topological polar surface area (TPSA) is 23.8 Å². The first-order valence-electron chi connectivity index (χ1n) is 5.36. The molecule has 0 fully saturated rings. The Morgan fingerprint density at radius 1 is 1.33 bits per heavy atom. The van der Waals surface area contributed by atoms with Gasteiger partial charge in [-0.1, -0.05) is 37.6 Å². The zero-order valence-electron chi connectivity index (χ0n) is 9.46. The molecule has 0 unspecified atom stereocenters. The van der Waals surface area contributed by atoms with Crippen LogP contribution >= 0.6 is 0 Å². The third kappa shape index (κ3) is 1.57. The predicted octanol–water partition coefficient (Wildman–Crippen LogP) is 3.48. The number of benzene rings is 1. The summed E-state index contributed by atoms with van der Waals surface area (Å²) in [5.74, 6) is 0.465. The molecule has 0 heterocycles. The molecule has 0 radical (unpaired) electrons. The van der Waals surface area contributed by atoms with E-state index in [1.165, 1.54) is 16.7 Å². The van der Waals surface area contributed by atoms with E-state index in [0.29, 0.717) is 5.92 Å². The lowest BCUT2D eigenvalue weighted by Gasteiger charge is -2.05. The third-order valence-electron chi connectivity index (χ3n) is 3.04. The van der Waals surface area contributed by atoms with Gasteiger partial charge in [-0.15, -0.1) is 0 Å². The zero-order valence-corrected chi connectivity index (χ0v) is 9.46. The molecule has 0 bridgehead atoms. The van der Waals surface area contributed by atoms with E-state index in [9.17, 15) is 5.26 Å². The Kier molecular flexibility index (Phi) is 2.36. The molecule has 1 aromatic rings. The molecular weight excluding hydrogens is 182 g/mol. The van der Waals surface area contributed by atoms with Crippen LogP contribution in [0.1, 0.15) is 30.5 Å². The maximum atomic E-state index is 9.19. The van der Waals surface area contributed by atoms with E-state index in [-0.39, 0.29) is 0 Å². The molecule has 0 atom stereocenters. The number of nitriles is 1. The van der Waals surface area contributed by atoms with E-state index in [1.54, 1.807) is 0 Å². The van der Waals surface area contributed by atoms with Crippen molar-refractivity contribution in [3.63, 3.8) is 0 Å². The highest BCUT2D eigenvalue weighted by Gasteiger charge is 2.22. The molecule has 0 N–H and O–H groups in total. The number of rotatable bonds is 1. The lowest BCUT2D eigenvalue weighted by molar-refractivity contribution is 0.752. The molecule has 0 saturated carbocycles. The van der Waals surface area contributed by atoms with Crippen LogP contribution in [0.4, 0.5) is 0 Å². The molecule has 1 nitrogen and oxygen atoms in total. The van der Waals surface area contributed by atoms with Crippen LogP contribution in [0.15, 0.2) is 23.8 Å². The van der Waals surface area contributed by atoms with E-state index in [0.717, 1.165) is 17.6 Å². The van der Waals surface area contributed by atoms with Gasteiger partial charge in [0.1, 0.15) is 0 Å². The van der Waals surface area contributed by atoms with Crippen molar-refractivity contribution in [2.45, 2.75) is 27.2 Å². The van der Waals surface area contributed by atoms with Crippen molar-refractivity contribution in [3.05, 3.63) is 40.5 Å². The molecule has 15 heavy (non-hydrogen) atoms. The van der Waals surface area contributed by atoms with Crippen LogP contribution in [0.2, 0.25) is 0 Å². The minimum Gasteiger partial charge on any atom is -0.192 e. The standard InChI is InChI=1S/C14H15N/c1-9(2)13-7-11-6-10(3)4-5-12(11)14(13)8-15/h4-6,9H,7H2,1-3H3. The van der Waals surface area contributed by atoms with Crippen LogP contribution in [-0.4, -0.2) is 0 Å². The predicted molar refractivity (Wildman–Crippen MR) is 62.3 cm³/mol. The zero-order chi connectivity index (χ0) is 11.0. The Morgan fingerprint density at radius 2 is 2.07 bits per heavy atom. The second-order valence-electron chi connectivity index (χ2n) is 4.50. The number of allylic oxidation sites excluding steroid dienone is 2. The van der Waals surface area contributed by atoms with Gasteiger partial charge >= 0.3 is 0 Å². The summed E-state index contributed by atoms with van der Waals surface area (Å²) in [6.07, 6.45) is 0.956. The van der Waals surface area contributed by atoms with Gasteiger partial charge in [0, 0.05) is 0 Å². The van der Waals surface area contributed by atoms with E-state index in [1.807, 2.05) is 0 Å². The number of hydrogen-bond acceptors (Lipinski definition) is 1. The SMILES string of the molecule is Cc1ccc2c(c1)CC(C(C)C)=C2C#N. The Labute approximate surface area is 91.0 Å². The van der Waals surface area contributed by atoms with Crippen LogP contribution in [0.5, 0.6) is 0 Å². The quantitative estimate of drug-likeness (QED) is 0.676. The summed E-state index contributed by atoms with van der Waals surface area (Å²) in [6, 6.07) is 8.71. The monoisotopic (exact) mass is 197 g/mol. The molecule has 1 heteroatoms. The minimum absolute atomic E-state index is 0.465. The van der Waals surface area contributed by atoms with Gasteiger partial charge in [-0.3, -0.25) is 0 Å². The van der Waals surface area contributed by atoms with Crippen LogP contribution in [0.3, 0.4) is 0 Å². The Hall–Kier alpha value is -1.55. The van der Waals surface area contributed by atoms with Gasteiger partial charge in [0.15, 0.2) is 0 Å². The van der Waals surface area contributed by atoms with Crippen molar-refractivity contribution in [1.29, 1.82) is 5.26 Å². The highest BCUT2D eigenvalue weighted by Crippen LogP contribution is 2.36. The second kappa shape index (κ2) is 3.55. The summed E-state index contributed by atoms with van der Waals surface area (Å²) >= 11 is 0. The molecule has 0 aliphatic heterocycles. The smallest absolute Gasteiger partial charge is 0.0997 e. The second-order valence-corrected chi connectivity index (χ2v) is 4.50. The van der Waals surface area contributed by atoms with Crippen molar-refractivity contribution in [2.24, 2.45) is 5.92 Å². The molecule has 2 rings (SSSR count). The van der Waals surface area contributed by atoms with Crippen molar-refractivity contribution in [2.75, 3.05) is 0 Å². The Bertz CT molecular complexity index is 473. The first-order chi connectivity index (χ1) is 7.13. The first kappa shape index (κ1) is 9.98. The summed E-state index contributed by atoms with van der Waals surface area (Å²) < 4.78 is 0. The van der Waals surface area contributed by atoms with Gasteiger partial charge in [-0.05, 0) is 36.0 Å². The van der Waals surface area contributed by atoms with Crippen LogP contribution in [0, 0.1) is 24.2 Å². The van der Waals surface area contributed by atoms with Gasteiger partial charge in [-0.25, -0.2) is 0 Å². The average molecular weight is 197 g/mol. The van der Waals surface area contributed by atoms with Gasteiger partial charge in [0.25, 0.3) is 0 Å². The van der Waals surface area contributed by atoms with Gasteiger partial charge in [-0.2, -0.15) is 5.26 Å².